The van der Waals surface area contributed by atoms with E-state index in [1.54, 1.807) is 12.1 Å². The minimum absolute atomic E-state index is 0. The van der Waals surface area contributed by atoms with Crippen LogP contribution in [0.2, 0.25) is 0 Å². The molecule has 0 bridgehead atoms. The standard InChI is InChI=1S/C9H7F2NO.C8H7F3O.C8H5F2NO.C8H8F2O.C7H4F4O.3C7H8.C2H3N.2C2H6.CH3F.3CH4O.6CH4.F2/c1-4-6(3-12)7(10)5(2)8(11)9(4)13;1-3-5(9)6(10)4(2)8(12)7(3)11;1-4-2-6(9)5(3-11)7(10)8(4)12;1-4-3-6(9)5(2)7(10)8(4)11;1-2-3(8)5(10)7(12)6(11)4(2)9;3*1-7-5-3-2-4-6-7;1-2-3;6*1-2;;;;;;;1-2/h13H,1-2H3;12H,1-2H3;2,12H,1H3;3,11H,1-2H3;12H,1H3;3*2-6H,1H3;1H3;2*1-2H3;1H3;3*2H,1H3;6*1H4;. The summed E-state index contributed by atoms with van der Waals surface area (Å²) in [6.07, 6.45) is 0. The largest absolute Gasteiger partial charge is 0.505 e. The minimum Gasteiger partial charge on any atom is -0.505 e. The van der Waals surface area contributed by atoms with Gasteiger partial charge < -0.3 is 40.9 Å². The molecule has 592 valence electrons. The van der Waals surface area contributed by atoms with Gasteiger partial charge in [0.2, 0.25) is 11.6 Å². The molecule has 104 heavy (non-hydrogen) atoms. The lowest BCUT2D eigenvalue weighted by Gasteiger charge is -2.06. The number of nitriles is 3. The van der Waals surface area contributed by atoms with E-state index >= 15 is 0 Å². The maximum absolute atomic E-state index is 13.1. The van der Waals surface area contributed by atoms with Gasteiger partial charge in [-0.1, -0.05) is 180 Å². The van der Waals surface area contributed by atoms with Crippen LogP contribution in [-0.2, 0) is 0 Å². The van der Waals surface area contributed by atoms with Gasteiger partial charge in [-0.25, -0.2) is 48.3 Å². The van der Waals surface area contributed by atoms with Gasteiger partial charge in [0.1, 0.15) is 35.2 Å². The normalized spacial score (nSPS) is 8.04. The molecule has 0 spiro atoms. The smallest absolute Gasteiger partial charge is 0.203 e. The highest BCUT2D eigenvalue weighted by Crippen LogP contribution is 2.32. The summed E-state index contributed by atoms with van der Waals surface area (Å²) >= 11 is 0. The maximum Gasteiger partial charge on any atom is 0.203 e. The van der Waals surface area contributed by atoms with Gasteiger partial charge in [0.25, 0.3) is 0 Å². The summed E-state index contributed by atoms with van der Waals surface area (Å²) in [7, 11) is 3.50. The van der Waals surface area contributed by atoms with Crippen LogP contribution < -0.4 is 0 Å². The quantitative estimate of drug-likeness (QED) is 0.0525. The number of alkyl halides is 1. The number of aryl methyl sites for hydroxylation is 5. The Morgan fingerprint density at radius 3 is 0.769 bits per heavy atom. The lowest BCUT2D eigenvalue weighted by molar-refractivity contribution is 0.108. The molecular weight excluding hydrogens is 1400 g/mol. The van der Waals surface area contributed by atoms with E-state index in [4.69, 9.17) is 65.8 Å². The Hall–Kier alpha value is -10.0. The van der Waals surface area contributed by atoms with Crippen molar-refractivity contribution in [2.45, 2.75) is 155 Å². The summed E-state index contributed by atoms with van der Waals surface area (Å²) in [6, 6.07) is 37.4. The van der Waals surface area contributed by atoms with Gasteiger partial charge in [0, 0.05) is 70.8 Å². The summed E-state index contributed by atoms with van der Waals surface area (Å²) in [4.78, 5) is 0. The third kappa shape index (κ3) is 45.1. The van der Waals surface area contributed by atoms with Crippen LogP contribution >= 0.6 is 0 Å². The van der Waals surface area contributed by atoms with E-state index < -0.39 is 127 Å². The molecule has 0 aliphatic carbocycles. The van der Waals surface area contributed by atoms with Crippen molar-refractivity contribution >= 4 is 0 Å². The van der Waals surface area contributed by atoms with E-state index in [1.807, 2.05) is 82.3 Å². The molecule has 0 unspecified atom stereocenters. The van der Waals surface area contributed by atoms with E-state index in [-0.39, 0.29) is 77.9 Å². The Labute approximate surface area is 607 Å². The molecular formula is C77H109F16N3O8. The number of rotatable bonds is 0. The highest BCUT2D eigenvalue weighted by atomic mass is 20.0. The number of phenolic OH excluding ortho intramolecular Hbond substituents is 5. The van der Waals surface area contributed by atoms with Gasteiger partial charge in [0.05, 0.1) is 18.8 Å². The van der Waals surface area contributed by atoms with Crippen molar-refractivity contribution < 1.29 is 111 Å². The van der Waals surface area contributed by atoms with Gasteiger partial charge in [-0.3, -0.25) is 4.39 Å². The fourth-order valence-corrected chi connectivity index (χ4v) is 5.90. The Morgan fingerprint density at radius 1 is 0.279 bits per heavy atom. The predicted octanol–water partition coefficient (Wildman–Crippen LogP) is 23.6. The average molecular weight is 1510 g/mol. The minimum atomic E-state index is -1.77. The molecule has 11 nitrogen and oxygen atoms in total. The summed E-state index contributed by atoms with van der Waals surface area (Å²) in [5.41, 5.74) is 0.946. The van der Waals surface area contributed by atoms with Gasteiger partial charge in [-0.15, -0.1) is 0 Å². The predicted molar refractivity (Wildman–Crippen MR) is 389 cm³/mol. The Balaban J connectivity index is -0.0000000718. The molecule has 8 aromatic rings. The van der Waals surface area contributed by atoms with Crippen LogP contribution in [0.1, 0.15) is 152 Å². The summed E-state index contributed by atoms with van der Waals surface area (Å²) in [5.74, 6) is -20.1. The van der Waals surface area contributed by atoms with Crippen molar-refractivity contribution in [3.05, 3.63) is 251 Å². The van der Waals surface area contributed by atoms with Crippen LogP contribution in [0, 0.1) is 186 Å². The first kappa shape index (κ1) is 127. The van der Waals surface area contributed by atoms with Crippen molar-refractivity contribution in [3.63, 3.8) is 0 Å². The van der Waals surface area contributed by atoms with Crippen molar-refractivity contribution in [2.24, 2.45) is 0 Å². The highest BCUT2D eigenvalue weighted by molar-refractivity contribution is 5.50. The second kappa shape index (κ2) is 74.2. The van der Waals surface area contributed by atoms with Crippen LogP contribution in [0.15, 0.2) is 103 Å². The molecule has 0 saturated heterocycles. The van der Waals surface area contributed by atoms with Crippen LogP contribution in [0.5, 0.6) is 28.7 Å². The molecule has 0 aliphatic heterocycles. The second-order valence-corrected chi connectivity index (χ2v) is 17.5. The Morgan fingerprint density at radius 2 is 0.500 bits per heavy atom. The van der Waals surface area contributed by atoms with Gasteiger partial charge in [-0.2, -0.15) is 24.6 Å². The number of benzene rings is 8. The lowest BCUT2D eigenvalue weighted by Crippen LogP contribution is -1.98. The fourth-order valence-electron chi connectivity index (χ4n) is 5.90. The zero-order valence-corrected chi connectivity index (χ0v) is 57.8. The van der Waals surface area contributed by atoms with Crippen LogP contribution in [0.4, 0.5) is 70.6 Å². The molecule has 0 radical (unpaired) electrons. The first-order valence-electron chi connectivity index (χ1n) is 28.0. The molecule has 0 heterocycles. The molecule has 27 heteroatoms. The number of aliphatic hydroxyl groups is 3. The molecule has 0 aromatic heterocycles. The molecule has 0 fully saturated rings. The van der Waals surface area contributed by atoms with E-state index in [9.17, 15) is 61.5 Å². The topological polar surface area (TPSA) is 233 Å². The number of halogens is 16. The number of hydrogen-bond donors (Lipinski definition) is 8. The number of nitrogens with zero attached hydrogens (tertiary/aromatic N) is 3. The first-order chi connectivity index (χ1) is 46.1. The molecule has 0 amide bonds. The molecule has 0 atom stereocenters. The molecule has 0 aliphatic rings. The number of aliphatic hydroxyl groups excluding tert-OH is 3. The zero-order valence-electron chi connectivity index (χ0n) is 57.8. The molecule has 8 N–H and O–H groups in total. The third-order valence-corrected chi connectivity index (χ3v) is 11.1. The number of hydrogen-bond acceptors (Lipinski definition) is 11. The van der Waals surface area contributed by atoms with Crippen molar-refractivity contribution in [3.8, 4) is 47.0 Å². The van der Waals surface area contributed by atoms with Crippen LogP contribution in [-0.4, -0.2) is 69.4 Å². The summed E-state index contributed by atoms with van der Waals surface area (Å²) < 4.78 is 191. The first-order valence-corrected chi connectivity index (χ1v) is 28.0. The van der Waals surface area contributed by atoms with Gasteiger partial charge in [0.15, 0.2) is 75.3 Å². The van der Waals surface area contributed by atoms with Gasteiger partial charge in [-0.05, 0) is 99.4 Å². The fraction of sp³-hybridized carbons (Fsp3) is 0.338. The van der Waals surface area contributed by atoms with E-state index in [1.165, 1.54) is 64.3 Å². The van der Waals surface area contributed by atoms with Crippen molar-refractivity contribution in [2.75, 3.05) is 28.5 Å². The van der Waals surface area contributed by atoms with Crippen LogP contribution in [0.25, 0.3) is 0 Å². The summed E-state index contributed by atoms with van der Waals surface area (Å²) in [6.45, 7) is 25.3. The van der Waals surface area contributed by atoms with Crippen molar-refractivity contribution in [1.29, 1.82) is 15.8 Å². The van der Waals surface area contributed by atoms with Crippen LogP contribution in [0.3, 0.4) is 0 Å². The Kier molecular flexibility index (Phi) is 90.6. The Bertz CT molecular complexity index is 3210. The average Bonchev–Trinajstić information content (AvgIpc) is 0.864. The molecule has 0 saturated carbocycles. The maximum atomic E-state index is 13.1. The monoisotopic (exact) mass is 1510 g/mol. The van der Waals surface area contributed by atoms with E-state index in [0.717, 1.165) is 54.2 Å². The molecule has 8 rings (SSSR count). The second-order valence-electron chi connectivity index (χ2n) is 17.5. The number of phenols is 5. The van der Waals surface area contributed by atoms with E-state index in [2.05, 4.69) is 57.2 Å². The molecule has 8 aromatic carbocycles. The third-order valence-electron chi connectivity index (χ3n) is 11.1. The van der Waals surface area contributed by atoms with Gasteiger partial charge >= 0.3 is 0 Å². The van der Waals surface area contributed by atoms with E-state index in [0.29, 0.717) is 7.18 Å². The lowest BCUT2D eigenvalue weighted by atomic mass is 10.0. The summed E-state index contributed by atoms with van der Waals surface area (Å²) in [5, 5.41) is 89.5. The SMILES string of the molecule is C.C.C.C.C.C.CC.CC.CC#N.CF.CO.CO.CO.Cc1c(F)c(F)c(O)c(F)c1F.Cc1c(F)c(O)c(C)c(C#N)c1F.Cc1c(O)c(F)c(C)c(F)c1F.Cc1cc(F)c(C#N)c(F)c1O.Cc1cc(F)c(C)c(F)c1O.Cc1ccccc1.Cc1ccccc1.Cc1ccccc1.FF. The number of aromatic hydroxyl groups is 5. The van der Waals surface area contributed by atoms with Crippen molar-refractivity contribution in [1.82, 2.24) is 0 Å². The highest BCUT2D eigenvalue weighted by Gasteiger charge is 2.23. The zero-order chi connectivity index (χ0) is 79.0.